The predicted octanol–water partition coefficient (Wildman–Crippen LogP) is 3.00. The highest BCUT2D eigenvalue weighted by atomic mass is 16.4. The normalized spacial score (nSPS) is 14.3. The zero-order chi connectivity index (χ0) is 13.1. The average Bonchev–Trinajstić information content (AvgIpc) is 2.31. The quantitative estimate of drug-likeness (QED) is 0.826. The van der Waals surface area contributed by atoms with Crippen LogP contribution in [-0.2, 0) is 17.6 Å². The third-order valence-corrected chi connectivity index (χ3v) is 3.42. The Hall–Kier alpha value is -1.51. The molecule has 1 rings (SSSR count). The topological polar surface area (TPSA) is 57.5 Å². The third-order valence-electron chi connectivity index (χ3n) is 3.42. The van der Waals surface area contributed by atoms with E-state index in [9.17, 15) is 15.0 Å². The summed E-state index contributed by atoms with van der Waals surface area (Å²) in [6, 6.07) is 5.34. The van der Waals surface area contributed by atoms with Crippen LogP contribution >= 0.6 is 0 Å². The highest BCUT2D eigenvalue weighted by Crippen LogP contribution is 2.29. The van der Waals surface area contributed by atoms with E-state index in [0.29, 0.717) is 12.8 Å². The fourth-order valence-electron chi connectivity index (χ4n) is 1.83. The minimum atomic E-state index is -0.772. The standard InChI is InChI=1S/C14H20O3/c1-4-11-8-10(6-7-12(11)15)9-14(3,5-2)13(16)17/h6-8,15H,4-5,9H2,1-3H3,(H,16,17). The summed E-state index contributed by atoms with van der Waals surface area (Å²) in [5, 5.41) is 18.8. The summed E-state index contributed by atoms with van der Waals surface area (Å²) in [5.74, 6) is -0.490. The number of aromatic hydroxyl groups is 1. The number of rotatable bonds is 5. The summed E-state index contributed by atoms with van der Waals surface area (Å²) in [5.41, 5.74) is 1.10. The van der Waals surface area contributed by atoms with Crippen molar-refractivity contribution in [3.63, 3.8) is 0 Å². The molecule has 0 radical (unpaired) electrons. The minimum absolute atomic E-state index is 0.282. The first-order chi connectivity index (χ1) is 7.92. The number of hydrogen-bond donors (Lipinski definition) is 2. The molecule has 3 nitrogen and oxygen atoms in total. The van der Waals surface area contributed by atoms with Crippen molar-refractivity contribution in [3.05, 3.63) is 29.3 Å². The van der Waals surface area contributed by atoms with Gasteiger partial charge >= 0.3 is 5.97 Å². The number of aliphatic carboxylic acids is 1. The first-order valence-electron chi connectivity index (χ1n) is 5.97. The number of benzene rings is 1. The van der Waals surface area contributed by atoms with Gasteiger partial charge in [0, 0.05) is 0 Å². The summed E-state index contributed by atoms with van der Waals surface area (Å²) in [6.07, 6.45) is 1.83. The maximum atomic E-state index is 11.2. The molecule has 0 aliphatic carbocycles. The van der Waals surface area contributed by atoms with Gasteiger partial charge in [0.1, 0.15) is 5.75 Å². The van der Waals surface area contributed by atoms with Crippen LogP contribution in [-0.4, -0.2) is 16.2 Å². The Balaban J connectivity index is 2.98. The van der Waals surface area contributed by atoms with Crippen LogP contribution < -0.4 is 0 Å². The molecule has 0 amide bonds. The Labute approximate surface area is 102 Å². The van der Waals surface area contributed by atoms with Crippen LogP contribution in [0.5, 0.6) is 5.75 Å². The van der Waals surface area contributed by atoms with Gasteiger partial charge in [-0.15, -0.1) is 0 Å². The average molecular weight is 236 g/mol. The van der Waals surface area contributed by atoms with Crippen LogP contribution in [0.2, 0.25) is 0 Å². The Morgan fingerprint density at radius 3 is 2.47 bits per heavy atom. The molecular formula is C14H20O3. The Morgan fingerprint density at radius 2 is 2.00 bits per heavy atom. The molecule has 1 aromatic rings. The van der Waals surface area contributed by atoms with Gasteiger partial charge in [0.25, 0.3) is 0 Å². The lowest BCUT2D eigenvalue weighted by Crippen LogP contribution is -2.29. The molecule has 0 bridgehead atoms. The highest BCUT2D eigenvalue weighted by Gasteiger charge is 2.31. The van der Waals surface area contributed by atoms with Crippen LogP contribution in [0, 0.1) is 5.41 Å². The maximum absolute atomic E-state index is 11.2. The first kappa shape index (κ1) is 13.6. The second kappa shape index (κ2) is 5.21. The van der Waals surface area contributed by atoms with Crippen molar-refractivity contribution in [2.24, 2.45) is 5.41 Å². The van der Waals surface area contributed by atoms with E-state index in [0.717, 1.165) is 17.5 Å². The number of carbonyl (C=O) groups is 1. The van der Waals surface area contributed by atoms with E-state index in [1.54, 1.807) is 19.1 Å². The number of hydrogen-bond acceptors (Lipinski definition) is 2. The molecule has 2 N–H and O–H groups in total. The van der Waals surface area contributed by atoms with Gasteiger partial charge in [0.2, 0.25) is 0 Å². The van der Waals surface area contributed by atoms with E-state index in [1.165, 1.54) is 0 Å². The highest BCUT2D eigenvalue weighted by molar-refractivity contribution is 5.74. The van der Waals surface area contributed by atoms with E-state index in [4.69, 9.17) is 0 Å². The molecular weight excluding hydrogens is 216 g/mol. The summed E-state index contributed by atoms with van der Waals surface area (Å²) < 4.78 is 0. The fraction of sp³-hybridized carbons (Fsp3) is 0.500. The maximum Gasteiger partial charge on any atom is 0.309 e. The summed E-state index contributed by atoms with van der Waals surface area (Å²) in [7, 11) is 0. The molecule has 0 aromatic heterocycles. The summed E-state index contributed by atoms with van der Waals surface area (Å²) in [4.78, 5) is 11.2. The molecule has 94 valence electrons. The van der Waals surface area contributed by atoms with Gasteiger partial charge in [-0.25, -0.2) is 0 Å². The van der Waals surface area contributed by atoms with E-state index in [-0.39, 0.29) is 5.75 Å². The van der Waals surface area contributed by atoms with Crippen molar-refractivity contribution in [3.8, 4) is 5.75 Å². The summed E-state index contributed by atoms with van der Waals surface area (Å²) in [6.45, 7) is 5.61. The number of aryl methyl sites for hydroxylation is 1. The van der Waals surface area contributed by atoms with Gasteiger partial charge in [0.15, 0.2) is 0 Å². The Kier molecular flexibility index (Phi) is 4.16. The van der Waals surface area contributed by atoms with Gasteiger partial charge < -0.3 is 10.2 Å². The van der Waals surface area contributed by atoms with Crippen molar-refractivity contribution >= 4 is 5.97 Å². The van der Waals surface area contributed by atoms with E-state index in [1.807, 2.05) is 19.9 Å². The first-order valence-corrected chi connectivity index (χ1v) is 5.97. The molecule has 0 saturated heterocycles. The Morgan fingerprint density at radius 1 is 1.35 bits per heavy atom. The van der Waals surface area contributed by atoms with Crippen LogP contribution in [0.1, 0.15) is 38.3 Å². The van der Waals surface area contributed by atoms with Crippen molar-refractivity contribution in [1.82, 2.24) is 0 Å². The van der Waals surface area contributed by atoms with Crippen molar-refractivity contribution in [2.75, 3.05) is 0 Å². The molecule has 0 aliphatic rings. The summed E-state index contributed by atoms with van der Waals surface area (Å²) >= 11 is 0. The molecule has 0 heterocycles. The number of carboxylic acid groups (broad SMARTS) is 1. The molecule has 1 aromatic carbocycles. The van der Waals surface area contributed by atoms with Gasteiger partial charge in [-0.1, -0.05) is 26.0 Å². The molecule has 0 aliphatic heterocycles. The molecule has 0 fully saturated rings. The zero-order valence-corrected chi connectivity index (χ0v) is 10.7. The van der Waals surface area contributed by atoms with Crippen molar-refractivity contribution < 1.29 is 15.0 Å². The predicted molar refractivity (Wildman–Crippen MR) is 67.2 cm³/mol. The fourth-order valence-corrected chi connectivity index (χ4v) is 1.83. The van der Waals surface area contributed by atoms with Gasteiger partial charge in [-0.05, 0) is 43.4 Å². The monoisotopic (exact) mass is 236 g/mol. The largest absolute Gasteiger partial charge is 0.508 e. The van der Waals surface area contributed by atoms with Crippen LogP contribution in [0.4, 0.5) is 0 Å². The minimum Gasteiger partial charge on any atom is -0.508 e. The Bertz CT molecular complexity index is 412. The van der Waals surface area contributed by atoms with Gasteiger partial charge in [-0.3, -0.25) is 4.79 Å². The molecule has 17 heavy (non-hydrogen) atoms. The lowest BCUT2D eigenvalue weighted by atomic mass is 9.81. The third kappa shape index (κ3) is 2.99. The van der Waals surface area contributed by atoms with Crippen molar-refractivity contribution in [2.45, 2.75) is 40.0 Å². The molecule has 1 atom stereocenters. The zero-order valence-electron chi connectivity index (χ0n) is 10.7. The van der Waals surface area contributed by atoms with Gasteiger partial charge in [-0.2, -0.15) is 0 Å². The second-order valence-corrected chi connectivity index (χ2v) is 4.71. The van der Waals surface area contributed by atoms with Crippen LogP contribution in [0.15, 0.2) is 18.2 Å². The number of carboxylic acids is 1. The molecule has 3 heteroatoms. The van der Waals surface area contributed by atoms with E-state index in [2.05, 4.69) is 0 Å². The lowest BCUT2D eigenvalue weighted by molar-refractivity contribution is -0.148. The SMILES string of the molecule is CCc1cc(CC(C)(CC)C(=O)O)ccc1O. The van der Waals surface area contributed by atoms with Crippen LogP contribution in [0.25, 0.3) is 0 Å². The van der Waals surface area contributed by atoms with E-state index >= 15 is 0 Å². The van der Waals surface area contributed by atoms with Gasteiger partial charge in [0.05, 0.1) is 5.41 Å². The van der Waals surface area contributed by atoms with E-state index < -0.39 is 11.4 Å². The smallest absolute Gasteiger partial charge is 0.309 e. The van der Waals surface area contributed by atoms with Crippen molar-refractivity contribution in [1.29, 1.82) is 0 Å². The number of phenolic OH excluding ortho intramolecular Hbond substituents is 1. The number of phenols is 1. The molecule has 0 saturated carbocycles. The molecule has 0 spiro atoms. The lowest BCUT2D eigenvalue weighted by Gasteiger charge is -2.23. The molecule has 1 unspecified atom stereocenters. The van der Waals surface area contributed by atoms with Crippen LogP contribution in [0.3, 0.4) is 0 Å². The second-order valence-electron chi connectivity index (χ2n) is 4.71.